The van der Waals surface area contributed by atoms with Crippen LogP contribution in [0.5, 0.6) is 5.75 Å². The van der Waals surface area contributed by atoms with Crippen molar-refractivity contribution in [2.75, 3.05) is 16.8 Å². The van der Waals surface area contributed by atoms with E-state index in [0.29, 0.717) is 29.3 Å². The Balaban J connectivity index is 1.83. The summed E-state index contributed by atoms with van der Waals surface area (Å²) < 4.78 is 19.1. The lowest BCUT2D eigenvalue weighted by atomic mass is 10.0. The van der Waals surface area contributed by atoms with Crippen LogP contribution in [0.4, 0.5) is 15.8 Å². The van der Waals surface area contributed by atoms with Gasteiger partial charge in [-0.3, -0.25) is 9.59 Å². The Kier molecular flexibility index (Phi) is 5.30. The van der Waals surface area contributed by atoms with E-state index in [4.69, 9.17) is 4.74 Å². The largest absolute Gasteiger partial charge is 0.492 e. The Morgan fingerprint density at radius 1 is 0.867 bits per heavy atom. The molecule has 6 heteroatoms. The summed E-state index contributed by atoms with van der Waals surface area (Å²) in [5.41, 5.74) is 1.77. The van der Waals surface area contributed by atoms with Crippen LogP contribution in [0.15, 0.2) is 84.6 Å². The predicted octanol–water partition coefficient (Wildman–Crippen LogP) is 4.62. The molecule has 0 saturated carbocycles. The third-order valence-electron chi connectivity index (χ3n) is 4.67. The van der Waals surface area contributed by atoms with Crippen LogP contribution < -0.4 is 15.0 Å². The number of carbonyl (C=O) groups is 2. The third kappa shape index (κ3) is 3.55. The van der Waals surface area contributed by atoms with Crippen LogP contribution in [0.3, 0.4) is 0 Å². The molecule has 5 nitrogen and oxygen atoms in total. The fourth-order valence-electron chi connectivity index (χ4n) is 3.33. The van der Waals surface area contributed by atoms with Gasteiger partial charge in [-0.1, -0.05) is 42.5 Å². The maximum absolute atomic E-state index is 13.5. The van der Waals surface area contributed by atoms with Crippen LogP contribution in [0, 0.1) is 5.82 Å². The highest BCUT2D eigenvalue weighted by Crippen LogP contribution is 2.37. The summed E-state index contributed by atoms with van der Waals surface area (Å²) in [6.45, 7) is 2.22. The van der Waals surface area contributed by atoms with Gasteiger partial charge in [-0.15, -0.1) is 0 Å². The van der Waals surface area contributed by atoms with E-state index in [2.05, 4.69) is 5.32 Å². The number of nitrogens with one attached hydrogen (secondary N) is 1. The van der Waals surface area contributed by atoms with Crippen molar-refractivity contribution in [3.05, 3.63) is 95.9 Å². The van der Waals surface area contributed by atoms with E-state index in [9.17, 15) is 14.0 Å². The van der Waals surface area contributed by atoms with Crippen LogP contribution in [-0.4, -0.2) is 18.4 Å². The molecule has 2 amide bonds. The standard InChI is InChI=1S/C24H19FN2O3/c1-2-30-20-11-7-6-10-19(20)27-23(28)21(16-12-14-17(25)15-13-16)22(24(27)29)26-18-8-4-3-5-9-18/h3-15,26H,2H2,1H3. The van der Waals surface area contributed by atoms with E-state index in [-0.39, 0.29) is 11.3 Å². The number of hydrogen-bond acceptors (Lipinski definition) is 4. The lowest BCUT2D eigenvalue weighted by molar-refractivity contribution is -0.120. The number of amides is 2. The molecule has 3 aromatic carbocycles. The Labute approximate surface area is 173 Å². The monoisotopic (exact) mass is 402 g/mol. The van der Waals surface area contributed by atoms with Gasteiger partial charge in [0.2, 0.25) is 0 Å². The first-order valence-electron chi connectivity index (χ1n) is 9.53. The highest BCUT2D eigenvalue weighted by Gasteiger charge is 2.41. The minimum atomic E-state index is -0.504. The Morgan fingerprint density at radius 2 is 1.53 bits per heavy atom. The summed E-state index contributed by atoms with van der Waals surface area (Å²) in [5.74, 6) is -0.999. The highest BCUT2D eigenvalue weighted by molar-refractivity contribution is 6.46. The summed E-state index contributed by atoms with van der Waals surface area (Å²) in [7, 11) is 0. The second kappa shape index (κ2) is 8.21. The Bertz CT molecular complexity index is 1120. The van der Waals surface area contributed by atoms with Gasteiger partial charge in [0.15, 0.2) is 0 Å². The zero-order valence-corrected chi connectivity index (χ0v) is 16.3. The fraction of sp³-hybridized carbons (Fsp3) is 0.0833. The number of rotatable bonds is 6. The molecule has 0 saturated heterocycles. The van der Waals surface area contributed by atoms with E-state index in [1.54, 1.807) is 36.4 Å². The summed E-state index contributed by atoms with van der Waals surface area (Å²) in [5, 5.41) is 3.07. The van der Waals surface area contributed by atoms with E-state index in [1.165, 1.54) is 24.3 Å². The minimum Gasteiger partial charge on any atom is -0.492 e. The molecule has 0 atom stereocenters. The number of ether oxygens (including phenoxy) is 1. The zero-order chi connectivity index (χ0) is 21.1. The van der Waals surface area contributed by atoms with Crippen molar-refractivity contribution in [2.24, 2.45) is 0 Å². The summed E-state index contributed by atoms with van der Waals surface area (Å²) in [6, 6.07) is 21.5. The molecule has 0 radical (unpaired) electrons. The first kappa shape index (κ1) is 19.4. The average molecular weight is 402 g/mol. The summed E-state index contributed by atoms with van der Waals surface area (Å²) in [4.78, 5) is 27.9. The molecule has 30 heavy (non-hydrogen) atoms. The molecular weight excluding hydrogens is 383 g/mol. The van der Waals surface area contributed by atoms with Gasteiger partial charge in [-0.2, -0.15) is 0 Å². The van der Waals surface area contributed by atoms with Gasteiger partial charge in [-0.05, 0) is 48.9 Å². The smallest absolute Gasteiger partial charge is 0.282 e. The van der Waals surface area contributed by atoms with Crippen LogP contribution in [0.25, 0.3) is 5.57 Å². The quantitative estimate of drug-likeness (QED) is 0.611. The van der Waals surface area contributed by atoms with E-state index >= 15 is 0 Å². The number of carbonyl (C=O) groups excluding carboxylic acids is 2. The molecule has 0 fully saturated rings. The molecule has 0 spiro atoms. The third-order valence-corrected chi connectivity index (χ3v) is 4.67. The normalized spacial score (nSPS) is 13.7. The van der Waals surface area contributed by atoms with Gasteiger partial charge in [-0.25, -0.2) is 9.29 Å². The van der Waals surface area contributed by atoms with Crippen molar-refractivity contribution in [1.29, 1.82) is 0 Å². The van der Waals surface area contributed by atoms with Crippen LogP contribution >= 0.6 is 0 Å². The molecule has 0 bridgehead atoms. The molecule has 1 aliphatic heterocycles. The van der Waals surface area contributed by atoms with E-state index < -0.39 is 17.6 Å². The Morgan fingerprint density at radius 3 is 2.23 bits per heavy atom. The number of nitrogens with zero attached hydrogens (tertiary/aromatic N) is 1. The molecule has 3 aromatic rings. The molecule has 0 aliphatic carbocycles. The summed E-state index contributed by atoms with van der Waals surface area (Å²) in [6.07, 6.45) is 0. The van der Waals surface area contributed by atoms with Crippen molar-refractivity contribution in [1.82, 2.24) is 0 Å². The van der Waals surface area contributed by atoms with Crippen molar-refractivity contribution in [3.63, 3.8) is 0 Å². The summed E-state index contributed by atoms with van der Waals surface area (Å²) >= 11 is 0. The Hall–Kier alpha value is -3.93. The first-order chi connectivity index (χ1) is 14.6. The zero-order valence-electron chi connectivity index (χ0n) is 16.3. The van der Waals surface area contributed by atoms with Crippen molar-refractivity contribution >= 4 is 28.8 Å². The first-order valence-corrected chi connectivity index (χ1v) is 9.53. The number of imide groups is 1. The van der Waals surface area contributed by atoms with E-state index in [0.717, 1.165) is 4.90 Å². The molecule has 150 valence electrons. The van der Waals surface area contributed by atoms with Gasteiger partial charge in [0.05, 0.1) is 17.9 Å². The molecule has 4 rings (SSSR count). The van der Waals surface area contributed by atoms with Crippen LogP contribution in [0.1, 0.15) is 12.5 Å². The number of benzene rings is 3. The number of anilines is 2. The molecule has 1 N–H and O–H groups in total. The SMILES string of the molecule is CCOc1ccccc1N1C(=O)C(Nc2ccccc2)=C(c2ccc(F)cc2)C1=O. The van der Waals surface area contributed by atoms with Gasteiger partial charge in [0.25, 0.3) is 11.8 Å². The van der Waals surface area contributed by atoms with Gasteiger partial charge < -0.3 is 10.1 Å². The second-order valence-corrected chi connectivity index (χ2v) is 6.59. The van der Waals surface area contributed by atoms with Crippen molar-refractivity contribution in [2.45, 2.75) is 6.92 Å². The fourth-order valence-corrected chi connectivity index (χ4v) is 3.33. The predicted molar refractivity (Wildman–Crippen MR) is 113 cm³/mol. The minimum absolute atomic E-state index is 0.129. The second-order valence-electron chi connectivity index (χ2n) is 6.59. The number of halogens is 1. The molecule has 0 unspecified atom stereocenters. The number of para-hydroxylation sites is 3. The van der Waals surface area contributed by atoms with Crippen molar-refractivity contribution < 1.29 is 18.7 Å². The van der Waals surface area contributed by atoms with Gasteiger partial charge in [0.1, 0.15) is 17.3 Å². The van der Waals surface area contributed by atoms with Gasteiger partial charge in [0, 0.05) is 5.69 Å². The maximum Gasteiger partial charge on any atom is 0.282 e. The highest BCUT2D eigenvalue weighted by atomic mass is 19.1. The molecule has 1 heterocycles. The molecule has 0 aromatic heterocycles. The topological polar surface area (TPSA) is 58.6 Å². The van der Waals surface area contributed by atoms with Gasteiger partial charge >= 0.3 is 0 Å². The lowest BCUT2D eigenvalue weighted by Gasteiger charge is -2.19. The molecular formula is C24H19FN2O3. The van der Waals surface area contributed by atoms with Crippen molar-refractivity contribution in [3.8, 4) is 5.75 Å². The maximum atomic E-state index is 13.5. The van der Waals surface area contributed by atoms with E-state index in [1.807, 2.05) is 25.1 Å². The average Bonchev–Trinajstić information content (AvgIpc) is 3.00. The lowest BCUT2D eigenvalue weighted by Crippen LogP contribution is -2.32. The van der Waals surface area contributed by atoms with Crippen LogP contribution in [-0.2, 0) is 9.59 Å². The molecule has 1 aliphatic rings. The van der Waals surface area contributed by atoms with Crippen LogP contribution in [0.2, 0.25) is 0 Å². The number of hydrogen-bond donors (Lipinski definition) is 1.